The van der Waals surface area contributed by atoms with Crippen molar-refractivity contribution in [2.45, 2.75) is 0 Å². The van der Waals surface area contributed by atoms with Crippen molar-refractivity contribution >= 4 is 52.2 Å². The molecule has 0 spiro atoms. The molecule has 0 radical (unpaired) electrons. The van der Waals surface area contributed by atoms with Crippen LogP contribution in [-0.2, 0) is 0 Å². The average Bonchev–Trinajstić information content (AvgIpc) is 2.43. The highest BCUT2D eigenvalue weighted by Gasteiger charge is 2.12. The lowest BCUT2D eigenvalue weighted by atomic mass is 10.1. The number of benzene rings is 2. The van der Waals surface area contributed by atoms with E-state index in [9.17, 15) is 4.79 Å². The number of ketones is 1. The largest absolute Gasteiger partial charge is 0.485 e. The summed E-state index contributed by atoms with van der Waals surface area (Å²) >= 11 is 23.3. The Morgan fingerprint density at radius 1 is 0.950 bits per heavy atom. The van der Waals surface area contributed by atoms with E-state index in [1.165, 1.54) is 12.1 Å². The maximum absolute atomic E-state index is 12.0. The fraction of sp³-hybridized carbons (Fsp3) is 0.0714. The van der Waals surface area contributed by atoms with Crippen molar-refractivity contribution in [2.24, 2.45) is 0 Å². The van der Waals surface area contributed by atoms with Gasteiger partial charge in [-0.3, -0.25) is 4.79 Å². The molecule has 0 fully saturated rings. The molecule has 0 saturated carbocycles. The lowest BCUT2D eigenvalue weighted by Crippen LogP contribution is -2.11. The van der Waals surface area contributed by atoms with Gasteiger partial charge in [-0.2, -0.15) is 0 Å². The van der Waals surface area contributed by atoms with Crippen LogP contribution >= 0.6 is 46.4 Å². The van der Waals surface area contributed by atoms with E-state index < -0.39 is 0 Å². The molecule has 0 unspecified atom stereocenters. The zero-order chi connectivity index (χ0) is 14.7. The summed E-state index contributed by atoms with van der Waals surface area (Å²) in [4.78, 5) is 12.0. The highest BCUT2D eigenvalue weighted by Crippen LogP contribution is 2.31. The van der Waals surface area contributed by atoms with Crippen molar-refractivity contribution in [2.75, 3.05) is 6.61 Å². The molecular weight excluding hydrogens is 342 g/mol. The van der Waals surface area contributed by atoms with Crippen LogP contribution in [0.1, 0.15) is 10.4 Å². The molecule has 0 aliphatic rings. The second-order valence-electron chi connectivity index (χ2n) is 3.92. The molecule has 0 aliphatic carbocycles. The van der Waals surface area contributed by atoms with Gasteiger partial charge < -0.3 is 4.74 Å². The molecule has 0 N–H and O–H groups in total. The normalized spacial score (nSPS) is 10.4. The number of ether oxygens (including phenoxy) is 1. The van der Waals surface area contributed by atoms with Crippen LogP contribution < -0.4 is 4.74 Å². The Labute approximate surface area is 136 Å². The zero-order valence-electron chi connectivity index (χ0n) is 10.00. The number of Topliss-reactive ketones (excluding diaryl/α,β-unsaturated/α-hetero) is 1. The van der Waals surface area contributed by atoms with E-state index in [0.717, 1.165) is 0 Å². The Morgan fingerprint density at radius 3 is 2.05 bits per heavy atom. The summed E-state index contributed by atoms with van der Waals surface area (Å²) in [7, 11) is 0. The highest BCUT2D eigenvalue weighted by atomic mass is 35.5. The van der Waals surface area contributed by atoms with E-state index in [-0.39, 0.29) is 27.5 Å². The van der Waals surface area contributed by atoms with E-state index in [0.29, 0.717) is 16.3 Å². The number of hydrogen-bond acceptors (Lipinski definition) is 2. The van der Waals surface area contributed by atoms with Gasteiger partial charge in [-0.05, 0) is 36.4 Å². The Morgan fingerprint density at radius 2 is 1.50 bits per heavy atom. The third kappa shape index (κ3) is 3.80. The van der Waals surface area contributed by atoms with E-state index in [1.807, 2.05) is 0 Å². The Kier molecular flexibility index (Phi) is 5.17. The third-order valence-corrected chi connectivity index (χ3v) is 3.94. The SMILES string of the molecule is O=C(COc1ccc(Cl)cc1)c1cc(Cl)c(Cl)c(Cl)c1. The average molecular weight is 350 g/mol. The van der Waals surface area contributed by atoms with Crippen molar-refractivity contribution in [1.82, 2.24) is 0 Å². The zero-order valence-corrected chi connectivity index (χ0v) is 13.0. The van der Waals surface area contributed by atoms with Crippen molar-refractivity contribution in [3.05, 3.63) is 62.1 Å². The first kappa shape index (κ1) is 15.5. The number of carbonyl (C=O) groups excluding carboxylic acids is 1. The van der Waals surface area contributed by atoms with Crippen LogP contribution in [0.25, 0.3) is 0 Å². The smallest absolute Gasteiger partial charge is 0.200 e. The van der Waals surface area contributed by atoms with E-state index in [4.69, 9.17) is 51.1 Å². The summed E-state index contributed by atoms with van der Waals surface area (Å²) in [5.74, 6) is 0.300. The minimum Gasteiger partial charge on any atom is -0.485 e. The van der Waals surface area contributed by atoms with Crippen LogP contribution in [-0.4, -0.2) is 12.4 Å². The van der Waals surface area contributed by atoms with Gasteiger partial charge in [0.15, 0.2) is 12.4 Å². The molecule has 0 heterocycles. The molecule has 2 aromatic rings. The number of halogens is 4. The van der Waals surface area contributed by atoms with Crippen molar-refractivity contribution in [1.29, 1.82) is 0 Å². The molecule has 6 heteroatoms. The molecule has 0 aromatic heterocycles. The van der Waals surface area contributed by atoms with E-state index in [1.54, 1.807) is 24.3 Å². The first-order chi connectivity index (χ1) is 9.47. The Balaban J connectivity index is 2.07. The molecule has 0 atom stereocenters. The minimum absolute atomic E-state index is 0.129. The lowest BCUT2D eigenvalue weighted by molar-refractivity contribution is 0.0921. The lowest BCUT2D eigenvalue weighted by Gasteiger charge is -2.07. The van der Waals surface area contributed by atoms with Crippen LogP contribution in [0.3, 0.4) is 0 Å². The van der Waals surface area contributed by atoms with Gasteiger partial charge in [0.2, 0.25) is 0 Å². The molecule has 0 aliphatic heterocycles. The van der Waals surface area contributed by atoms with Gasteiger partial charge in [0.05, 0.1) is 15.1 Å². The van der Waals surface area contributed by atoms with Gasteiger partial charge in [-0.15, -0.1) is 0 Å². The van der Waals surface area contributed by atoms with Gasteiger partial charge in [-0.25, -0.2) is 0 Å². The van der Waals surface area contributed by atoms with Crippen LogP contribution in [0.5, 0.6) is 5.75 Å². The van der Waals surface area contributed by atoms with Gasteiger partial charge in [-0.1, -0.05) is 46.4 Å². The van der Waals surface area contributed by atoms with Crippen LogP contribution in [0, 0.1) is 0 Å². The second-order valence-corrected chi connectivity index (χ2v) is 5.55. The monoisotopic (exact) mass is 348 g/mol. The number of hydrogen-bond donors (Lipinski definition) is 0. The van der Waals surface area contributed by atoms with Crippen LogP contribution in [0.2, 0.25) is 20.1 Å². The number of carbonyl (C=O) groups is 1. The standard InChI is InChI=1S/C14H8Cl4O2/c15-9-1-3-10(4-2-9)20-7-13(19)8-5-11(16)14(18)12(17)6-8/h1-6H,7H2. The molecule has 0 saturated heterocycles. The van der Waals surface area contributed by atoms with Crippen LogP contribution in [0.15, 0.2) is 36.4 Å². The second kappa shape index (κ2) is 6.68. The van der Waals surface area contributed by atoms with E-state index >= 15 is 0 Å². The van der Waals surface area contributed by atoms with Gasteiger partial charge >= 0.3 is 0 Å². The summed E-state index contributed by atoms with van der Waals surface area (Å²) < 4.78 is 5.36. The Hall–Kier alpha value is -0.930. The number of rotatable bonds is 4. The van der Waals surface area contributed by atoms with Crippen molar-refractivity contribution < 1.29 is 9.53 Å². The van der Waals surface area contributed by atoms with E-state index in [2.05, 4.69) is 0 Å². The first-order valence-electron chi connectivity index (χ1n) is 5.53. The fourth-order valence-electron chi connectivity index (χ4n) is 1.48. The summed E-state index contributed by atoms with van der Waals surface area (Å²) in [5, 5.41) is 1.28. The third-order valence-electron chi connectivity index (χ3n) is 2.49. The fourth-order valence-corrected chi connectivity index (χ4v) is 2.20. The molecule has 0 amide bonds. The maximum Gasteiger partial charge on any atom is 0.200 e. The predicted octanol–water partition coefficient (Wildman–Crippen LogP) is 5.56. The molecular formula is C14H8Cl4O2. The molecule has 20 heavy (non-hydrogen) atoms. The molecule has 2 nitrogen and oxygen atoms in total. The molecule has 2 rings (SSSR count). The van der Waals surface area contributed by atoms with Gasteiger partial charge in [0.1, 0.15) is 5.75 Å². The highest BCUT2D eigenvalue weighted by molar-refractivity contribution is 6.48. The molecule has 104 valence electrons. The van der Waals surface area contributed by atoms with Crippen molar-refractivity contribution in [3.63, 3.8) is 0 Å². The summed E-state index contributed by atoms with van der Waals surface area (Å²) in [5.41, 5.74) is 0.346. The Bertz CT molecular complexity index is 615. The first-order valence-corrected chi connectivity index (χ1v) is 7.04. The minimum atomic E-state index is -0.250. The summed E-state index contributed by atoms with van der Waals surface area (Å²) in [6, 6.07) is 9.64. The van der Waals surface area contributed by atoms with Gasteiger partial charge in [0, 0.05) is 10.6 Å². The topological polar surface area (TPSA) is 26.3 Å². The molecule has 2 aromatic carbocycles. The quantitative estimate of drug-likeness (QED) is 0.533. The summed E-state index contributed by atoms with van der Waals surface area (Å²) in [6.45, 7) is -0.129. The van der Waals surface area contributed by atoms with Crippen LogP contribution in [0.4, 0.5) is 0 Å². The maximum atomic E-state index is 12.0. The predicted molar refractivity (Wildman–Crippen MR) is 82.7 cm³/mol. The molecule has 0 bridgehead atoms. The van der Waals surface area contributed by atoms with Crippen molar-refractivity contribution in [3.8, 4) is 5.75 Å². The van der Waals surface area contributed by atoms with Gasteiger partial charge in [0.25, 0.3) is 0 Å². The summed E-state index contributed by atoms with van der Waals surface area (Å²) in [6.07, 6.45) is 0.